The summed E-state index contributed by atoms with van der Waals surface area (Å²) in [5.41, 5.74) is 0. The molecule has 1 aromatic rings. The van der Waals surface area contributed by atoms with E-state index in [-0.39, 0.29) is 0 Å². The van der Waals surface area contributed by atoms with Gasteiger partial charge in [-0.2, -0.15) is 0 Å². The van der Waals surface area contributed by atoms with Crippen LogP contribution in [0.4, 0.5) is 0 Å². The fraction of sp³-hybridized carbons (Fsp3) is 0.500. The molecule has 78 valence electrons. The van der Waals surface area contributed by atoms with Crippen molar-refractivity contribution in [2.75, 3.05) is 5.88 Å². The van der Waals surface area contributed by atoms with Crippen molar-refractivity contribution >= 4 is 34.9 Å². The summed E-state index contributed by atoms with van der Waals surface area (Å²) >= 11 is 4.24. The van der Waals surface area contributed by atoms with Crippen LogP contribution in [0.1, 0.15) is 20.8 Å². The van der Waals surface area contributed by atoms with Crippen LogP contribution in [-0.4, -0.2) is 25.6 Å². The van der Waals surface area contributed by atoms with E-state index in [1.807, 2.05) is 0 Å². The van der Waals surface area contributed by atoms with Gasteiger partial charge >= 0.3 is 99.8 Å². The normalized spacial score (nSPS) is 14.0. The van der Waals surface area contributed by atoms with Gasteiger partial charge in [0.1, 0.15) is 0 Å². The molecule has 0 spiro atoms. The monoisotopic (exact) mass is 318 g/mol. The summed E-state index contributed by atoms with van der Waals surface area (Å²) in [6, 6.07) is 11.0. The van der Waals surface area contributed by atoms with E-state index in [2.05, 4.69) is 51.1 Å². The van der Waals surface area contributed by atoms with Crippen LogP contribution in [0.5, 0.6) is 0 Å². The first-order valence-electron chi connectivity index (χ1n) is 5.16. The molecule has 2 heteroatoms. The summed E-state index contributed by atoms with van der Waals surface area (Å²) in [4.78, 5) is 0. The second-order valence-corrected chi connectivity index (χ2v) is 16.8. The molecule has 14 heavy (non-hydrogen) atoms. The van der Waals surface area contributed by atoms with E-state index in [1.54, 1.807) is 3.58 Å². The van der Waals surface area contributed by atoms with Crippen molar-refractivity contribution in [1.29, 1.82) is 0 Å². The third-order valence-electron chi connectivity index (χ3n) is 2.65. The van der Waals surface area contributed by atoms with Gasteiger partial charge in [-0.05, 0) is 0 Å². The molecule has 0 saturated carbocycles. The molecule has 0 N–H and O–H groups in total. The molecule has 0 amide bonds. The van der Waals surface area contributed by atoms with E-state index in [0.29, 0.717) is 3.43 Å². The van der Waals surface area contributed by atoms with Gasteiger partial charge in [-0.1, -0.05) is 0 Å². The van der Waals surface area contributed by atoms with Crippen molar-refractivity contribution < 1.29 is 0 Å². The molecule has 0 aromatic heterocycles. The summed E-state index contributed by atoms with van der Waals surface area (Å²) in [6.07, 6.45) is 0. The van der Waals surface area contributed by atoms with Gasteiger partial charge in [-0.15, -0.1) is 0 Å². The van der Waals surface area contributed by atoms with Crippen molar-refractivity contribution in [3.05, 3.63) is 30.3 Å². The molecular weight excluding hydrogens is 298 g/mol. The van der Waals surface area contributed by atoms with Crippen molar-refractivity contribution in [3.63, 3.8) is 0 Å². The van der Waals surface area contributed by atoms with E-state index in [4.69, 9.17) is 11.6 Å². The Hall–Kier alpha value is 0.309. The number of rotatable bonds is 3. The number of benzene rings is 1. The van der Waals surface area contributed by atoms with Crippen LogP contribution in [0.2, 0.25) is 7.87 Å². The second-order valence-electron chi connectivity index (χ2n) is 4.81. The average molecular weight is 317 g/mol. The Morgan fingerprint density at radius 3 is 2.14 bits per heavy atom. The van der Waals surface area contributed by atoms with Gasteiger partial charge in [0.25, 0.3) is 0 Å². The Balaban J connectivity index is 2.89. The fourth-order valence-electron chi connectivity index (χ4n) is 1.89. The van der Waals surface area contributed by atoms with Crippen molar-refractivity contribution in [2.24, 2.45) is 0 Å². The van der Waals surface area contributed by atoms with Crippen molar-refractivity contribution in [1.82, 2.24) is 0 Å². The van der Waals surface area contributed by atoms with Crippen LogP contribution in [0.25, 0.3) is 0 Å². The third-order valence-corrected chi connectivity index (χ3v) is 15.7. The first-order valence-corrected chi connectivity index (χ1v) is 11.3. The van der Waals surface area contributed by atoms with Crippen LogP contribution in [-0.2, 0) is 0 Å². The zero-order valence-electron chi connectivity index (χ0n) is 9.26. The van der Waals surface area contributed by atoms with Crippen molar-refractivity contribution in [2.45, 2.75) is 28.6 Å². The van der Waals surface area contributed by atoms with Crippen molar-refractivity contribution in [3.8, 4) is 0 Å². The Labute approximate surface area is 99.4 Å². The fourth-order valence-corrected chi connectivity index (χ4v) is 12.2. The van der Waals surface area contributed by atoms with Crippen LogP contribution >= 0.6 is 11.6 Å². The molecule has 0 heterocycles. The number of hydrogen-bond acceptors (Lipinski definition) is 0. The molecule has 1 unspecified atom stereocenters. The third kappa shape index (κ3) is 3.47. The topological polar surface area (TPSA) is 0 Å². The van der Waals surface area contributed by atoms with Crippen LogP contribution in [0.3, 0.4) is 0 Å². The Bertz CT molecular complexity index is 263. The van der Waals surface area contributed by atoms with Gasteiger partial charge in [0, 0.05) is 0 Å². The molecule has 0 aliphatic rings. The average Bonchev–Trinajstić information content (AvgIpc) is 2.14. The minimum atomic E-state index is -1.66. The summed E-state index contributed by atoms with van der Waals surface area (Å²) in [7, 11) is 0. The van der Waals surface area contributed by atoms with Crippen LogP contribution < -0.4 is 3.58 Å². The predicted octanol–water partition coefficient (Wildman–Crippen LogP) is 3.16. The number of halogens is 1. The van der Waals surface area contributed by atoms with Crippen LogP contribution in [0, 0.1) is 0 Å². The van der Waals surface area contributed by atoms with E-state index in [9.17, 15) is 0 Å². The summed E-state index contributed by atoms with van der Waals surface area (Å²) in [6.45, 7) is 7.11. The SMILES string of the molecule is C[C](C)(C)[SnH]([CH2]CCl)[c]1ccccc1. The molecule has 1 atom stereocenters. The molecule has 0 bridgehead atoms. The maximum atomic E-state index is 5.90. The maximum absolute atomic E-state index is 5.90. The predicted molar refractivity (Wildman–Crippen MR) is 68.5 cm³/mol. The number of alkyl halides is 1. The van der Waals surface area contributed by atoms with Gasteiger partial charge < -0.3 is 0 Å². The molecule has 0 saturated heterocycles. The number of hydrogen-bond donors (Lipinski definition) is 0. The Morgan fingerprint density at radius 2 is 1.71 bits per heavy atom. The molecular formula is C12H19ClSn. The van der Waals surface area contributed by atoms with Gasteiger partial charge in [-0.3, -0.25) is 0 Å². The zero-order valence-corrected chi connectivity index (χ0v) is 13.3. The van der Waals surface area contributed by atoms with Gasteiger partial charge in [-0.25, -0.2) is 0 Å². The molecule has 0 fully saturated rings. The summed E-state index contributed by atoms with van der Waals surface area (Å²) in [5, 5.41) is 0. The van der Waals surface area contributed by atoms with Crippen LogP contribution in [0.15, 0.2) is 30.3 Å². The van der Waals surface area contributed by atoms with Gasteiger partial charge in [0.05, 0.1) is 0 Å². The van der Waals surface area contributed by atoms with E-state index in [1.165, 1.54) is 4.44 Å². The van der Waals surface area contributed by atoms with Gasteiger partial charge in [0.2, 0.25) is 0 Å². The standard InChI is InChI=1S/C6H5.C4H9.C2H4Cl.Sn.H/c1-2-4-6-5-3-1;1-4(2)3;1-2-3;;/h1-5H;1-3H3;1-2H2;;. The van der Waals surface area contributed by atoms with E-state index in [0.717, 1.165) is 5.88 Å². The molecule has 0 aliphatic carbocycles. The molecule has 0 nitrogen and oxygen atoms in total. The Morgan fingerprint density at radius 1 is 1.14 bits per heavy atom. The van der Waals surface area contributed by atoms with E-state index >= 15 is 0 Å². The summed E-state index contributed by atoms with van der Waals surface area (Å²) in [5.74, 6) is 0.826. The molecule has 1 aromatic carbocycles. The summed E-state index contributed by atoms with van der Waals surface area (Å²) < 4.78 is 3.37. The minimum absolute atomic E-state index is 0.498. The Kier molecular flexibility index (Phi) is 4.78. The first-order chi connectivity index (χ1) is 6.55. The van der Waals surface area contributed by atoms with E-state index < -0.39 is 19.8 Å². The second kappa shape index (κ2) is 5.41. The van der Waals surface area contributed by atoms with Gasteiger partial charge in [0.15, 0.2) is 0 Å². The quantitative estimate of drug-likeness (QED) is 0.593. The first kappa shape index (κ1) is 12.4. The molecule has 0 aliphatic heterocycles. The zero-order chi connectivity index (χ0) is 10.6. The molecule has 0 radical (unpaired) electrons. The molecule has 1 rings (SSSR count).